The zero-order valence-corrected chi connectivity index (χ0v) is 18.2. The lowest BCUT2D eigenvalue weighted by Crippen LogP contribution is -2.49. The molecule has 0 unspecified atom stereocenters. The third-order valence-corrected chi connectivity index (χ3v) is 5.97. The van der Waals surface area contributed by atoms with Gasteiger partial charge in [0.25, 0.3) is 5.22 Å². The minimum Gasteiger partial charge on any atom is -0.416 e. The molecule has 0 radical (unpaired) electrons. The lowest BCUT2D eigenvalue weighted by molar-refractivity contribution is -0.130. The number of aromatic nitrogens is 2. The van der Waals surface area contributed by atoms with Crippen LogP contribution in [-0.2, 0) is 11.2 Å². The van der Waals surface area contributed by atoms with Crippen LogP contribution in [-0.4, -0.2) is 64.4 Å². The standard InChI is InChI=1S/C24H26N4O2S/c29-23(19-31-24-26-25-22(30-24)18-21-10-5-2-6-11-21)28-16-14-27(15-17-28)13-7-12-20-8-3-1-4-9-20/h1-12H,13-19H2/b12-7+. The number of amides is 1. The average Bonchev–Trinajstić information content (AvgIpc) is 3.26. The van der Waals surface area contributed by atoms with Gasteiger partial charge in [-0.2, -0.15) is 0 Å². The summed E-state index contributed by atoms with van der Waals surface area (Å²) in [7, 11) is 0. The van der Waals surface area contributed by atoms with Crippen molar-refractivity contribution in [3.63, 3.8) is 0 Å². The van der Waals surface area contributed by atoms with Crippen molar-refractivity contribution in [2.45, 2.75) is 11.6 Å². The molecular weight excluding hydrogens is 408 g/mol. The molecule has 1 aliphatic rings. The number of benzene rings is 2. The molecule has 6 nitrogen and oxygen atoms in total. The second kappa shape index (κ2) is 10.9. The Morgan fingerprint density at radius 1 is 0.968 bits per heavy atom. The molecule has 3 aromatic rings. The predicted molar refractivity (Wildman–Crippen MR) is 123 cm³/mol. The molecule has 1 fully saturated rings. The fourth-order valence-electron chi connectivity index (χ4n) is 3.44. The third kappa shape index (κ3) is 6.54. The first-order valence-electron chi connectivity index (χ1n) is 10.5. The summed E-state index contributed by atoms with van der Waals surface area (Å²) in [6.07, 6.45) is 4.93. The molecule has 1 aliphatic heterocycles. The number of hydrogen-bond acceptors (Lipinski definition) is 6. The van der Waals surface area contributed by atoms with Gasteiger partial charge in [-0.15, -0.1) is 10.2 Å². The van der Waals surface area contributed by atoms with Crippen LogP contribution in [0.4, 0.5) is 0 Å². The van der Waals surface area contributed by atoms with Crippen molar-refractivity contribution >= 4 is 23.7 Å². The second-order valence-electron chi connectivity index (χ2n) is 7.41. The molecule has 0 N–H and O–H groups in total. The van der Waals surface area contributed by atoms with Crippen molar-refractivity contribution in [2.75, 3.05) is 38.5 Å². The Labute approximate surface area is 187 Å². The number of rotatable bonds is 8. The summed E-state index contributed by atoms with van der Waals surface area (Å²) in [5.74, 6) is 1.01. The smallest absolute Gasteiger partial charge is 0.277 e. The first-order valence-corrected chi connectivity index (χ1v) is 11.5. The van der Waals surface area contributed by atoms with Gasteiger partial charge in [-0.3, -0.25) is 9.69 Å². The van der Waals surface area contributed by atoms with E-state index in [2.05, 4.69) is 39.4 Å². The van der Waals surface area contributed by atoms with Crippen molar-refractivity contribution in [3.05, 3.63) is 83.8 Å². The summed E-state index contributed by atoms with van der Waals surface area (Å²) in [5.41, 5.74) is 2.33. The molecule has 160 valence electrons. The maximum absolute atomic E-state index is 12.6. The Hall–Kier alpha value is -2.90. The van der Waals surface area contributed by atoms with Crippen LogP contribution in [0.3, 0.4) is 0 Å². The normalized spacial score (nSPS) is 14.9. The van der Waals surface area contributed by atoms with Crippen molar-refractivity contribution < 1.29 is 9.21 Å². The second-order valence-corrected chi connectivity index (χ2v) is 8.33. The van der Waals surface area contributed by atoms with E-state index in [1.165, 1.54) is 17.3 Å². The highest BCUT2D eigenvalue weighted by Crippen LogP contribution is 2.18. The summed E-state index contributed by atoms with van der Waals surface area (Å²) in [4.78, 5) is 16.8. The molecule has 2 heterocycles. The molecule has 0 aliphatic carbocycles. The molecule has 0 bridgehead atoms. The minimum absolute atomic E-state index is 0.118. The van der Waals surface area contributed by atoms with Crippen LogP contribution in [0, 0.1) is 0 Å². The summed E-state index contributed by atoms with van der Waals surface area (Å²) < 4.78 is 5.68. The lowest BCUT2D eigenvalue weighted by atomic mass is 10.2. The number of carbonyl (C=O) groups is 1. The van der Waals surface area contributed by atoms with E-state index in [0.29, 0.717) is 23.3 Å². The van der Waals surface area contributed by atoms with Crippen molar-refractivity contribution in [1.29, 1.82) is 0 Å². The number of nitrogens with zero attached hydrogens (tertiary/aromatic N) is 4. The molecule has 1 saturated heterocycles. The Morgan fingerprint density at radius 3 is 2.42 bits per heavy atom. The van der Waals surface area contributed by atoms with E-state index in [4.69, 9.17) is 4.42 Å². The number of piperazine rings is 1. The molecule has 4 rings (SSSR count). The Kier molecular flexibility index (Phi) is 7.52. The summed E-state index contributed by atoms with van der Waals surface area (Å²) in [6.45, 7) is 4.18. The van der Waals surface area contributed by atoms with Gasteiger partial charge in [-0.25, -0.2) is 0 Å². The lowest BCUT2D eigenvalue weighted by Gasteiger charge is -2.34. The molecule has 1 amide bonds. The molecule has 0 spiro atoms. The Bertz CT molecular complexity index is 983. The van der Waals surface area contributed by atoms with Crippen LogP contribution in [0.25, 0.3) is 6.08 Å². The van der Waals surface area contributed by atoms with Crippen LogP contribution in [0.5, 0.6) is 0 Å². The molecule has 31 heavy (non-hydrogen) atoms. The van der Waals surface area contributed by atoms with Crippen molar-refractivity contribution in [1.82, 2.24) is 20.0 Å². The van der Waals surface area contributed by atoms with Crippen molar-refractivity contribution in [3.8, 4) is 0 Å². The van der Waals surface area contributed by atoms with Crippen LogP contribution < -0.4 is 0 Å². The highest BCUT2D eigenvalue weighted by atomic mass is 32.2. The fourth-order valence-corrected chi connectivity index (χ4v) is 4.12. The van der Waals surface area contributed by atoms with E-state index < -0.39 is 0 Å². The van der Waals surface area contributed by atoms with E-state index in [-0.39, 0.29) is 5.91 Å². The molecule has 0 atom stereocenters. The summed E-state index contributed by atoms with van der Waals surface area (Å²) in [5, 5.41) is 8.59. The Morgan fingerprint density at radius 2 is 1.68 bits per heavy atom. The Balaban J connectivity index is 1.17. The van der Waals surface area contributed by atoms with Gasteiger partial charge < -0.3 is 9.32 Å². The fraction of sp³-hybridized carbons (Fsp3) is 0.292. The van der Waals surface area contributed by atoms with E-state index >= 15 is 0 Å². The highest BCUT2D eigenvalue weighted by molar-refractivity contribution is 7.99. The zero-order chi connectivity index (χ0) is 21.3. The van der Waals surface area contributed by atoms with E-state index in [1.54, 1.807) is 0 Å². The summed E-state index contributed by atoms with van der Waals surface area (Å²) in [6, 6.07) is 20.3. The van der Waals surface area contributed by atoms with Gasteiger partial charge in [-0.1, -0.05) is 84.6 Å². The highest BCUT2D eigenvalue weighted by Gasteiger charge is 2.21. The first kappa shape index (κ1) is 21.3. The van der Waals surface area contributed by atoms with Gasteiger partial charge in [-0.05, 0) is 11.1 Å². The van der Waals surface area contributed by atoms with Crippen LogP contribution in [0.15, 0.2) is 76.4 Å². The predicted octanol–water partition coefficient (Wildman–Crippen LogP) is 3.61. The number of hydrogen-bond donors (Lipinski definition) is 0. The molecular formula is C24H26N4O2S. The maximum Gasteiger partial charge on any atom is 0.277 e. The monoisotopic (exact) mass is 434 g/mol. The first-order chi connectivity index (χ1) is 15.3. The van der Waals surface area contributed by atoms with Gasteiger partial charge >= 0.3 is 0 Å². The third-order valence-electron chi connectivity index (χ3n) is 5.16. The van der Waals surface area contributed by atoms with Gasteiger partial charge in [0.15, 0.2) is 0 Å². The zero-order valence-electron chi connectivity index (χ0n) is 17.4. The topological polar surface area (TPSA) is 62.5 Å². The SMILES string of the molecule is O=C(CSc1nnc(Cc2ccccc2)o1)N1CCN(C/C=C/c2ccccc2)CC1. The number of carbonyl (C=O) groups excluding carboxylic acids is 1. The van der Waals surface area contributed by atoms with Crippen LogP contribution in [0.1, 0.15) is 17.0 Å². The average molecular weight is 435 g/mol. The molecule has 2 aromatic carbocycles. The van der Waals surface area contributed by atoms with Gasteiger partial charge in [0.1, 0.15) is 0 Å². The van der Waals surface area contributed by atoms with Gasteiger partial charge in [0, 0.05) is 32.7 Å². The largest absolute Gasteiger partial charge is 0.416 e. The van der Waals surface area contributed by atoms with E-state index in [9.17, 15) is 4.79 Å². The van der Waals surface area contributed by atoms with Crippen LogP contribution in [0.2, 0.25) is 0 Å². The van der Waals surface area contributed by atoms with Crippen LogP contribution >= 0.6 is 11.8 Å². The quantitative estimate of drug-likeness (QED) is 0.505. The molecule has 1 aromatic heterocycles. The molecule has 7 heteroatoms. The van der Waals surface area contributed by atoms with Gasteiger partial charge in [0.2, 0.25) is 11.8 Å². The molecule has 0 saturated carbocycles. The van der Waals surface area contributed by atoms with Crippen molar-refractivity contribution in [2.24, 2.45) is 0 Å². The number of thioether (sulfide) groups is 1. The maximum atomic E-state index is 12.6. The van der Waals surface area contributed by atoms with E-state index in [0.717, 1.165) is 38.3 Å². The minimum atomic E-state index is 0.118. The summed E-state index contributed by atoms with van der Waals surface area (Å²) >= 11 is 1.31. The van der Waals surface area contributed by atoms with Gasteiger partial charge in [0.05, 0.1) is 12.2 Å². The van der Waals surface area contributed by atoms with E-state index in [1.807, 2.05) is 53.4 Å².